The maximum absolute atomic E-state index is 7.08. The first-order chi connectivity index (χ1) is 6.86. The molecule has 1 rings (SSSR count). The van der Waals surface area contributed by atoms with Crippen molar-refractivity contribution in [2.45, 2.75) is 26.2 Å². The van der Waals surface area contributed by atoms with E-state index in [4.69, 9.17) is 5.73 Å². The molecule has 1 aliphatic heterocycles. The molecule has 0 atom stereocenters. The van der Waals surface area contributed by atoms with E-state index in [2.05, 4.69) is 16.7 Å². The molecule has 0 aromatic rings. The van der Waals surface area contributed by atoms with Crippen molar-refractivity contribution < 1.29 is 0 Å². The molecular weight excluding hydrogens is 174 g/mol. The fourth-order valence-corrected chi connectivity index (χ4v) is 2.01. The minimum atomic E-state index is 0.593. The first kappa shape index (κ1) is 12.0. The lowest BCUT2D eigenvalue weighted by molar-refractivity contribution is 0.131. The lowest BCUT2D eigenvalue weighted by Gasteiger charge is -2.34. The average Bonchev–Trinajstić information content (AvgIpc) is 2.21. The number of nitrogens with one attached hydrogen (secondary N) is 1. The Bertz CT molecular complexity index is 130. The molecule has 1 heterocycles. The van der Waals surface area contributed by atoms with Gasteiger partial charge < -0.3 is 9.80 Å². The summed E-state index contributed by atoms with van der Waals surface area (Å²) in [6.45, 7) is 10.3. The summed E-state index contributed by atoms with van der Waals surface area (Å²) in [5.41, 5.74) is 7.08. The second-order valence-corrected chi connectivity index (χ2v) is 4.14. The lowest BCUT2D eigenvalue weighted by atomic mass is 10.2. The Morgan fingerprint density at radius 2 is 1.50 bits per heavy atom. The molecule has 0 saturated carbocycles. The molecule has 1 N–H and O–H groups in total. The normalized spacial score (nSPS) is 20.1. The zero-order valence-electron chi connectivity index (χ0n) is 9.47. The Morgan fingerprint density at radius 1 is 0.929 bits per heavy atom. The summed E-state index contributed by atoms with van der Waals surface area (Å²) in [5, 5.41) is 0. The Balaban J connectivity index is 2.03. The third-order valence-corrected chi connectivity index (χ3v) is 2.91. The van der Waals surface area contributed by atoms with Gasteiger partial charge in [0.1, 0.15) is 0 Å². The molecule has 14 heavy (non-hydrogen) atoms. The highest BCUT2D eigenvalue weighted by Crippen LogP contribution is 2.03. The van der Waals surface area contributed by atoms with Crippen LogP contribution in [-0.4, -0.2) is 55.6 Å². The molecule has 3 heteroatoms. The smallest absolute Gasteiger partial charge is 0.0110 e. The van der Waals surface area contributed by atoms with Gasteiger partial charge >= 0.3 is 0 Å². The van der Waals surface area contributed by atoms with E-state index >= 15 is 0 Å². The molecule has 0 amide bonds. The van der Waals surface area contributed by atoms with E-state index in [1.165, 1.54) is 52.1 Å². The van der Waals surface area contributed by atoms with Crippen molar-refractivity contribution in [3.63, 3.8) is 0 Å². The zero-order valence-corrected chi connectivity index (χ0v) is 9.47. The van der Waals surface area contributed by atoms with Crippen LogP contribution in [0.25, 0.3) is 0 Å². The number of hydrogen-bond donors (Lipinski definition) is 0. The van der Waals surface area contributed by atoms with E-state index < -0.39 is 0 Å². The molecule has 0 spiro atoms. The average molecular weight is 198 g/mol. The molecule has 0 aliphatic carbocycles. The fourth-order valence-electron chi connectivity index (χ4n) is 2.01. The highest BCUT2D eigenvalue weighted by Gasteiger charge is 2.14. The predicted octanol–water partition coefficient (Wildman–Crippen LogP) is 1.08. The van der Waals surface area contributed by atoms with Crippen LogP contribution in [0.1, 0.15) is 26.2 Å². The molecular formula is C11H24N3. The zero-order chi connectivity index (χ0) is 10.2. The fraction of sp³-hybridized carbons (Fsp3) is 1.00. The SMILES string of the molecule is CCCN1CCN(CCCC[NH])CC1. The van der Waals surface area contributed by atoms with Crippen LogP contribution in [0.4, 0.5) is 0 Å². The third-order valence-electron chi connectivity index (χ3n) is 2.91. The highest BCUT2D eigenvalue weighted by atomic mass is 15.3. The van der Waals surface area contributed by atoms with Crippen molar-refractivity contribution in [3.8, 4) is 0 Å². The summed E-state index contributed by atoms with van der Waals surface area (Å²) in [5.74, 6) is 0. The molecule has 83 valence electrons. The Kier molecular flexibility index (Phi) is 6.15. The predicted molar refractivity (Wildman–Crippen MR) is 60.4 cm³/mol. The van der Waals surface area contributed by atoms with Crippen LogP contribution in [0.2, 0.25) is 0 Å². The summed E-state index contributed by atoms with van der Waals surface area (Å²) in [6, 6.07) is 0. The van der Waals surface area contributed by atoms with Crippen LogP contribution in [0, 0.1) is 0 Å². The largest absolute Gasteiger partial charge is 0.301 e. The van der Waals surface area contributed by atoms with Crippen LogP contribution >= 0.6 is 0 Å². The third kappa shape index (κ3) is 4.40. The first-order valence-electron chi connectivity index (χ1n) is 5.96. The second-order valence-electron chi connectivity index (χ2n) is 4.14. The molecule has 3 nitrogen and oxygen atoms in total. The van der Waals surface area contributed by atoms with Gasteiger partial charge in [-0.1, -0.05) is 6.92 Å². The maximum atomic E-state index is 7.08. The van der Waals surface area contributed by atoms with Crippen molar-refractivity contribution in [1.29, 1.82) is 0 Å². The van der Waals surface area contributed by atoms with Gasteiger partial charge in [0.05, 0.1) is 0 Å². The van der Waals surface area contributed by atoms with E-state index in [1.807, 2.05) is 0 Å². The first-order valence-corrected chi connectivity index (χ1v) is 5.96. The monoisotopic (exact) mass is 198 g/mol. The minimum absolute atomic E-state index is 0.593. The number of piperazine rings is 1. The van der Waals surface area contributed by atoms with Gasteiger partial charge in [0.25, 0.3) is 0 Å². The van der Waals surface area contributed by atoms with E-state index in [0.29, 0.717) is 6.54 Å². The van der Waals surface area contributed by atoms with Crippen molar-refractivity contribution in [2.24, 2.45) is 0 Å². The summed E-state index contributed by atoms with van der Waals surface area (Å²) in [6.07, 6.45) is 3.55. The maximum Gasteiger partial charge on any atom is 0.0110 e. The van der Waals surface area contributed by atoms with Gasteiger partial charge in [-0.2, -0.15) is 0 Å². The van der Waals surface area contributed by atoms with Crippen LogP contribution in [0.15, 0.2) is 0 Å². The van der Waals surface area contributed by atoms with Crippen LogP contribution in [-0.2, 0) is 0 Å². The van der Waals surface area contributed by atoms with Gasteiger partial charge in [0, 0.05) is 32.7 Å². The Hall–Kier alpha value is -0.120. The number of nitrogens with zero attached hydrogens (tertiary/aromatic N) is 2. The second kappa shape index (κ2) is 7.21. The minimum Gasteiger partial charge on any atom is -0.301 e. The van der Waals surface area contributed by atoms with E-state index in [9.17, 15) is 0 Å². The van der Waals surface area contributed by atoms with Gasteiger partial charge in [0.2, 0.25) is 0 Å². The summed E-state index contributed by atoms with van der Waals surface area (Å²) >= 11 is 0. The van der Waals surface area contributed by atoms with Crippen molar-refractivity contribution >= 4 is 0 Å². The quantitative estimate of drug-likeness (QED) is 0.598. The van der Waals surface area contributed by atoms with E-state index in [1.54, 1.807) is 0 Å². The van der Waals surface area contributed by atoms with Gasteiger partial charge in [-0.25, -0.2) is 0 Å². The van der Waals surface area contributed by atoms with Crippen molar-refractivity contribution in [1.82, 2.24) is 15.5 Å². The van der Waals surface area contributed by atoms with Gasteiger partial charge in [-0.15, -0.1) is 0 Å². The van der Waals surface area contributed by atoms with E-state index in [0.717, 1.165) is 6.42 Å². The Morgan fingerprint density at radius 3 is 2.00 bits per heavy atom. The molecule has 0 aromatic heterocycles. The number of unbranched alkanes of at least 4 members (excludes halogenated alkanes) is 1. The van der Waals surface area contributed by atoms with Crippen molar-refractivity contribution in [2.75, 3.05) is 45.8 Å². The molecule has 0 bridgehead atoms. The van der Waals surface area contributed by atoms with Gasteiger partial charge in [-0.3, -0.25) is 5.73 Å². The van der Waals surface area contributed by atoms with Gasteiger partial charge in [0.15, 0.2) is 0 Å². The summed E-state index contributed by atoms with van der Waals surface area (Å²) in [7, 11) is 0. The van der Waals surface area contributed by atoms with Crippen LogP contribution in [0.3, 0.4) is 0 Å². The molecule has 1 aliphatic rings. The number of rotatable bonds is 6. The van der Waals surface area contributed by atoms with Crippen LogP contribution < -0.4 is 5.73 Å². The molecule has 1 radical (unpaired) electrons. The molecule has 0 aromatic carbocycles. The lowest BCUT2D eigenvalue weighted by Crippen LogP contribution is -2.46. The van der Waals surface area contributed by atoms with Gasteiger partial charge in [-0.05, 0) is 32.4 Å². The molecule has 1 fully saturated rings. The molecule has 1 saturated heterocycles. The summed E-state index contributed by atoms with van der Waals surface area (Å²) in [4.78, 5) is 5.10. The van der Waals surface area contributed by atoms with Crippen LogP contribution in [0.5, 0.6) is 0 Å². The Labute approximate surface area is 88.2 Å². The highest BCUT2D eigenvalue weighted by molar-refractivity contribution is 4.71. The molecule has 0 unspecified atom stereocenters. The topological polar surface area (TPSA) is 30.3 Å². The summed E-state index contributed by atoms with van der Waals surface area (Å²) < 4.78 is 0. The number of hydrogen-bond acceptors (Lipinski definition) is 2. The standard InChI is InChI=1S/C11H24N3/c1-2-6-13-8-10-14(11-9-13)7-4-3-5-12/h12H,2-11H2,1H3. The van der Waals surface area contributed by atoms with Crippen molar-refractivity contribution in [3.05, 3.63) is 0 Å². The van der Waals surface area contributed by atoms with E-state index in [-0.39, 0.29) is 0 Å².